The number of hydrogen-bond acceptors (Lipinski definition) is 3. The molecule has 1 unspecified atom stereocenters. The van der Waals surface area contributed by atoms with Crippen LogP contribution in [0.1, 0.15) is 36.9 Å². The first-order valence-corrected chi connectivity index (χ1v) is 9.85. The van der Waals surface area contributed by atoms with Crippen LogP contribution in [0.3, 0.4) is 0 Å². The van der Waals surface area contributed by atoms with Gasteiger partial charge in [0.25, 0.3) is 0 Å². The first-order chi connectivity index (χ1) is 13.7. The van der Waals surface area contributed by atoms with E-state index >= 15 is 0 Å². The van der Waals surface area contributed by atoms with E-state index < -0.39 is 11.7 Å². The highest BCUT2D eigenvalue weighted by Crippen LogP contribution is 2.35. The molecule has 156 valence electrons. The van der Waals surface area contributed by atoms with Crippen molar-refractivity contribution in [3.63, 3.8) is 0 Å². The first-order valence-electron chi connectivity index (χ1n) is 9.47. The lowest BCUT2D eigenvalue weighted by Crippen LogP contribution is -2.42. The van der Waals surface area contributed by atoms with Crippen molar-refractivity contribution in [1.29, 1.82) is 0 Å². The molecule has 1 fully saturated rings. The summed E-state index contributed by atoms with van der Waals surface area (Å²) in [4.78, 5) is 20.4. The smallest absolute Gasteiger partial charge is 0.355 e. The summed E-state index contributed by atoms with van der Waals surface area (Å²) in [5.74, 6) is 0.277. The second-order valence-corrected chi connectivity index (χ2v) is 7.73. The van der Waals surface area contributed by atoms with Crippen LogP contribution < -0.4 is 4.90 Å². The van der Waals surface area contributed by atoms with Crippen LogP contribution >= 0.6 is 11.6 Å². The highest BCUT2D eigenvalue weighted by atomic mass is 35.5. The van der Waals surface area contributed by atoms with Crippen LogP contribution in [0, 0.1) is 5.92 Å². The molecule has 1 saturated heterocycles. The SMILES string of the molecule is CC(c1ccccc1)N(C)C(=O)C1CCN(c2ncc(C(F)(F)F)cc2Cl)CC1. The van der Waals surface area contributed by atoms with E-state index in [1.807, 2.05) is 42.2 Å². The maximum atomic E-state index is 12.9. The minimum Gasteiger partial charge on any atom is -0.355 e. The average Bonchev–Trinajstić information content (AvgIpc) is 2.72. The van der Waals surface area contributed by atoms with Crippen LogP contribution in [0.15, 0.2) is 42.6 Å². The zero-order valence-corrected chi connectivity index (χ0v) is 17.0. The summed E-state index contributed by atoms with van der Waals surface area (Å²) >= 11 is 6.05. The van der Waals surface area contributed by atoms with Gasteiger partial charge in [-0.25, -0.2) is 4.98 Å². The van der Waals surface area contributed by atoms with Gasteiger partial charge in [0.05, 0.1) is 16.6 Å². The summed E-state index contributed by atoms with van der Waals surface area (Å²) in [5, 5.41) is -0.0283. The van der Waals surface area contributed by atoms with Gasteiger partial charge < -0.3 is 9.80 Å². The maximum Gasteiger partial charge on any atom is 0.417 e. The molecule has 0 N–H and O–H groups in total. The largest absolute Gasteiger partial charge is 0.417 e. The molecule has 0 radical (unpaired) electrons. The highest BCUT2D eigenvalue weighted by Gasteiger charge is 2.33. The van der Waals surface area contributed by atoms with Gasteiger partial charge in [-0.1, -0.05) is 41.9 Å². The van der Waals surface area contributed by atoms with E-state index in [1.165, 1.54) is 0 Å². The first kappa shape index (κ1) is 21.4. The van der Waals surface area contributed by atoms with Crippen molar-refractivity contribution in [2.45, 2.75) is 32.0 Å². The van der Waals surface area contributed by atoms with Gasteiger partial charge in [0.2, 0.25) is 5.91 Å². The molecule has 8 heteroatoms. The molecule has 3 rings (SSSR count). The number of benzene rings is 1. The normalized spacial score (nSPS) is 16.6. The van der Waals surface area contributed by atoms with Gasteiger partial charge >= 0.3 is 6.18 Å². The molecule has 29 heavy (non-hydrogen) atoms. The van der Waals surface area contributed by atoms with E-state index in [1.54, 1.807) is 11.9 Å². The summed E-state index contributed by atoms with van der Waals surface area (Å²) in [5.41, 5.74) is 0.203. The second kappa shape index (κ2) is 8.61. The summed E-state index contributed by atoms with van der Waals surface area (Å²) in [6.07, 6.45) is -2.48. The predicted molar refractivity (Wildman–Crippen MR) is 107 cm³/mol. The Morgan fingerprint density at radius 3 is 2.41 bits per heavy atom. The van der Waals surface area contributed by atoms with Crippen LogP contribution in [0.4, 0.5) is 19.0 Å². The standard InChI is InChI=1S/C21H23ClF3N3O/c1-14(15-6-4-3-5-7-15)27(2)20(29)16-8-10-28(11-9-16)19-18(22)12-17(13-26-19)21(23,24)25/h3-7,12-14,16H,8-11H2,1-2H3. The molecule has 4 nitrogen and oxygen atoms in total. The number of amides is 1. The Kier molecular flexibility index (Phi) is 6.36. The number of alkyl halides is 3. The molecule has 2 heterocycles. The highest BCUT2D eigenvalue weighted by molar-refractivity contribution is 6.33. The Morgan fingerprint density at radius 1 is 1.24 bits per heavy atom. The zero-order valence-electron chi connectivity index (χ0n) is 16.3. The third-order valence-corrected chi connectivity index (χ3v) is 5.78. The van der Waals surface area contributed by atoms with Crippen molar-refractivity contribution in [3.05, 3.63) is 58.7 Å². The van der Waals surface area contributed by atoms with E-state index in [4.69, 9.17) is 11.6 Å². The molecule has 0 bridgehead atoms. The number of carbonyl (C=O) groups excluding carboxylic acids is 1. The van der Waals surface area contributed by atoms with Crippen molar-refractivity contribution < 1.29 is 18.0 Å². The number of hydrogen-bond donors (Lipinski definition) is 0. The van der Waals surface area contributed by atoms with Crippen LogP contribution in [-0.2, 0) is 11.0 Å². The summed E-state index contributed by atoms with van der Waals surface area (Å²) < 4.78 is 38.4. The number of piperidine rings is 1. The Labute approximate surface area is 173 Å². The van der Waals surface area contributed by atoms with Gasteiger partial charge in [0, 0.05) is 32.3 Å². The Hall–Kier alpha value is -2.28. The van der Waals surface area contributed by atoms with E-state index in [2.05, 4.69) is 4.98 Å². The lowest BCUT2D eigenvalue weighted by molar-refractivity contribution is -0.138. The van der Waals surface area contributed by atoms with E-state index in [-0.39, 0.29) is 22.9 Å². The van der Waals surface area contributed by atoms with Crippen molar-refractivity contribution in [2.75, 3.05) is 25.0 Å². The molecule has 1 aromatic heterocycles. The minimum atomic E-state index is -4.48. The molecule has 1 aliphatic rings. The van der Waals surface area contributed by atoms with Gasteiger partial charge in [0.15, 0.2) is 0 Å². The molecule has 1 aromatic carbocycles. The van der Waals surface area contributed by atoms with Crippen LogP contribution in [0.2, 0.25) is 5.02 Å². The van der Waals surface area contributed by atoms with Gasteiger partial charge in [-0.2, -0.15) is 13.2 Å². The van der Waals surface area contributed by atoms with Crippen LogP contribution in [0.25, 0.3) is 0 Å². The van der Waals surface area contributed by atoms with Crippen molar-refractivity contribution >= 4 is 23.3 Å². The zero-order chi connectivity index (χ0) is 21.2. The van der Waals surface area contributed by atoms with E-state index in [9.17, 15) is 18.0 Å². The lowest BCUT2D eigenvalue weighted by Gasteiger charge is -2.36. The lowest BCUT2D eigenvalue weighted by atomic mass is 9.94. The van der Waals surface area contributed by atoms with Crippen molar-refractivity contribution in [1.82, 2.24) is 9.88 Å². The number of halogens is 4. The summed E-state index contributed by atoms with van der Waals surface area (Å²) in [7, 11) is 1.81. The predicted octanol–water partition coefficient (Wildman–Crippen LogP) is 5.19. The van der Waals surface area contributed by atoms with Crippen molar-refractivity contribution in [3.8, 4) is 0 Å². The number of aromatic nitrogens is 1. The molecule has 0 aliphatic carbocycles. The van der Waals surface area contributed by atoms with Gasteiger partial charge in [-0.05, 0) is 31.4 Å². The molecular weight excluding hydrogens is 403 g/mol. The van der Waals surface area contributed by atoms with Gasteiger partial charge in [-0.3, -0.25) is 4.79 Å². The molecule has 0 saturated carbocycles. The molecule has 1 aliphatic heterocycles. The molecule has 1 atom stereocenters. The summed E-state index contributed by atoms with van der Waals surface area (Å²) in [6.45, 7) is 3.03. The second-order valence-electron chi connectivity index (χ2n) is 7.32. The minimum absolute atomic E-state index is 0.0283. The topological polar surface area (TPSA) is 36.4 Å². The number of carbonyl (C=O) groups is 1. The quantitative estimate of drug-likeness (QED) is 0.676. The van der Waals surface area contributed by atoms with Gasteiger partial charge in [-0.15, -0.1) is 0 Å². The monoisotopic (exact) mass is 425 g/mol. The van der Waals surface area contributed by atoms with Crippen LogP contribution in [0.5, 0.6) is 0 Å². The van der Waals surface area contributed by atoms with E-state index in [0.29, 0.717) is 31.7 Å². The average molecular weight is 426 g/mol. The summed E-state index contributed by atoms with van der Waals surface area (Å²) in [6, 6.07) is 10.7. The molecule has 1 amide bonds. The van der Waals surface area contributed by atoms with Crippen molar-refractivity contribution in [2.24, 2.45) is 5.92 Å². The fourth-order valence-corrected chi connectivity index (χ4v) is 3.88. The number of nitrogens with zero attached hydrogens (tertiary/aromatic N) is 3. The fraction of sp³-hybridized carbons (Fsp3) is 0.429. The Morgan fingerprint density at radius 2 is 1.86 bits per heavy atom. The Balaban J connectivity index is 1.62. The number of anilines is 1. The molecule has 0 spiro atoms. The third kappa shape index (κ3) is 4.83. The van der Waals surface area contributed by atoms with Gasteiger partial charge in [0.1, 0.15) is 5.82 Å². The maximum absolute atomic E-state index is 12.9. The third-order valence-electron chi connectivity index (χ3n) is 5.50. The fourth-order valence-electron chi connectivity index (χ4n) is 3.59. The number of pyridine rings is 1. The Bertz CT molecular complexity index is 852. The van der Waals surface area contributed by atoms with E-state index in [0.717, 1.165) is 17.8 Å². The number of rotatable bonds is 4. The van der Waals surface area contributed by atoms with Crippen LogP contribution in [-0.4, -0.2) is 35.9 Å². The molecular formula is C21H23ClF3N3O. The molecule has 2 aromatic rings.